The van der Waals surface area contributed by atoms with E-state index in [1.54, 1.807) is 13.0 Å². The second-order valence-electron chi connectivity index (χ2n) is 2.73. The molecule has 3 nitrogen and oxygen atoms in total. The van der Waals surface area contributed by atoms with Crippen molar-refractivity contribution >= 4 is 10.9 Å². The zero-order valence-corrected chi connectivity index (χ0v) is 6.73. The molecule has 0 saturated heterocycles. The molecule has 61 valence electrons. The van der Waals surface area contributed by atoms with Crippen LogP contribution >= 0.6 is 0 Å². The highest BCUT2D eigenvalue weighted by Gasteiger charge is 2.02. The predicted molar refractivity (Wildman–Crippen MR) is 45.5 cm³/mol. The Kier molecular flexibility index (Phi) is 1.59. The van der Waals surface area contributed by atoms with Gasteiger partial charge < -0.3 is 5.11 Å². The van der Waals surface area contributed by atoms with Crippen LogP contribution in [0.15, 0.2) is 24.4 Å². The fourth-order valence-corrected chi connectivity index (χ4v) is 1.12. The van der Waals surface area contributed by atoms with Crippen molar-refractivity contribution in [3.63, 3.8) is 0 Å². The summed E-state index contributed by atoms with van der Waals surface area (Å²) in [7, 11) is 0. The highest BCUT2D eigenvalue weighted by atomic mass is 16.3. The van der Waals surface area contributed by atoms with Gasteiger partial charge in [-0.05, 0) is 19.1 Å². The number of fused-ring (bicyclic) bond motifs is 1. The SMILES string of the molecule is CC(O)n1cc2cc[c]cc2n1. The molecule has 1 aromatic carbocycles. The number of hydrogen-bond donors (Lipinski definition) is 1. The van der Waals surface area contributed by atoms with Crippen molar-refractivity contribution < 1.29 is 5.11 Å². The van der Waals surface area contributed by atoms with Crippen molar-refractivity contribution in [1.29, 1.82) is 0 Å². The third-order valence-electron chi connectivity index (χ3n) is 1.75. The van der Waals surface area contributed by atoms with E-state index in [0.29, 0.717) is 0 Å². The average Bonchev–Trinajstić information content (AvgIpc) is 2.46. The molecule has 1 unspecified atom stereocenters. The summed E-state index contributed by atoms with van der Waals surface area (Å²) in [6, 6.07) is 8.48. The molecular weight excluding hydrogens is 152 g/mol. The molecule has 3 heteroatoms. The van der Waals surface area contributed by atoms with Gasteiger partial charge in [0, 0.05) is 11.6 Å². The molecule has 0 amide bonds. The van der Waals surface area contributed by atoms with Crippen LogP contribution in [-0.2, 0) is 0 Å². The number of aromatic nitrogens is 2. The number of benzene rings is 1. The molecule has 2 rings (SSSR count). The van der Waals surface area contributed by atoms with E-state index >= 15 is 0 Å². The molecule has 2 aromatic rings. The number of aliphatic hydroxyl groups is 1. The second kappa shape index (κ2) is 2.60. The quantitative estimate of drug-likeness (QED) is 0.685. The smallest absolute Gasteiger partial charge is 0.144 e. The Morgan fingerprint density at radius 2 is 2.50 bits per heavy atom. The maximum absolute atomic E-state index is 9.22. The van der Waals surface area contributed by atoms with Crippen molar-refractivity contribution in [3.05, 3.63) is 30.5 Å². The molecule has 0 saturated carbocycles. The third kappa shape index (κ3) is 1.08. The van der Waals surface area contributed by atoms with Crippen LogP contribution in [0.4, 0.5) is 0 Å². The Morgan fingerprint density at radius 3 is 3.17 bits per heavy atom. The molecule has 0 bridgehead atoms. The van der Waals surface area contributed by atoms with Gasteiger partial charge in [0.15, 0.2) is 0 Å². The number of nitrogens with zero attached hydrogens (tertiary/aromatic N) is 2. The van der Waals surface area contributed by atoms with Crippen LogP contribution in [0.5, 0.6) is 0 Å². The lowest BCUT2D eigenvalue weighted by molar-refractivity contribution is 0.111. The van der Waals surface area contributed by atoms with Crippen LogP contribution in [0, 0.1) is 6.07 Å². The lowest BCUT2D eigenvalue weighted by atomic mass is 10.3. The van der Waals surface area contributed by atoms with Crippen LogP contribution in [0.1, 0.15) is 13.2 Å². The topological polar surface area (TPSA) is 38.0 Å². The summed E-state index contributed by atoms with van der Waals surface area (Å²) in [4.78, 5) is 0. The normalized spacial score (nSPS) is 13.5. The Balaban J connectivity index is 2.62. The van der Waals surface area contributed by atoms with Gasteiger partial charge in [-0.25, -0.2) is 4.68 Å². The first-order valence-electron chi connectivity index (χ1n) is 3.80. The second-order valence-corrected chi connectivity index (χ2v) is 2.73. The maximum Gasteiger partial charge on any atom is 0.144 e. The highest BCUT2D eigenvalue weighted by molar-refractivity contribution is 5.77. The molecule has 0 aliphatic carbocycles. The van der Waals surface area contributed by atoms with E-state index in [-0.39, 0.29) is 0 Å². The van der Waals surface area contributed by atoms with Gasteiger partial charge >= 0.3 is 0 Å². The number of rotatable bonds is 1. The summed E-state index contributed by atoms with van der Waals surface area (Å²) in [5.41, 5.74) is 0.860. The average molecular weight is 161 g/mol. The van der Waals surface area contributed by atoms with Crippen molar-refractivity contribution in [3.8, 4) is 0 Å². The zero-order chi connectivity index (χ0) is 8.55. The fraction of sp³-hybridized carbons (Fsp3) is 0.222. The van der Waals surface area contributed by atoms with E-state index in [1.165, 1.54) is 4.68 Å². The van der Waals surface area contributed by atoms with Crippen LogP contribution in [-0.4, -0.2) is 14.9 Å². The van der Waals surface area contributed by atoms with Crippen molar-refractivity contribution in [2.75, 3.05) is 0 Å². The molecule has 0 spiro atoms. The maximum atomic E-state index is 9.22. The number of hydrogen-bond acceptors (Lipinski definition) is 2. The fourth-order valence-electron chi connectivity index (χ4n) is 1.12. The first kappa shape index (κ1) is 7.31. The van der Waals surface area contributed by atoms with E-state index < -0.39 is 6.23 Å². The van der Waals surface area contributed by atoms with E-state index in [4.69, 9.17) is 0 Å². The van der Waals surface area contributed by atoms with Gasteiger partial charge in [-0.15, -0.1) is 0 Å². The molecule has 1 N–H and O–H groups in total. The largest absolute Gasteiger partial charge is 0.372 e. The summed E-state index contributed by atoms with van der Waals surface area (Å²) >= 11 is 0. The summed E-state index contributed by atoms with van der Waals surface area (Å²) in [6.07, 6.45) is 1.24. The van der Waals surface area contributed by atoms with Gasteiger partial charge in [0.05, 0.1) is 5.52 Å². The van der Waals surface area contributed by atoms with Gasteiger partial charge in [0.2, 0.25) is 0 Å². The molecule has 0 aliphatic rings. The minimum atomic E-state index is -0.572. The van der Waals surface area contributed by atoms with Gasteiger partial charge in [-0.1, -0.05) is 12.1 Å². The van der Waals surface area contributed by atoms with Crippen molar-refractivity contribution in [2.24, 2.45) is 0 Å². The van der Waals surface area contributed by atoms with Crippen LogP contribution in [0.2, 0.25) is 0 Å². The lowest BCUT2D eigenvalue weighted by Gasteiger charge is -2.01. The molecule has 0 fully saturated rings. The number of aliphatic hydroxyl groups excluding tert-OH is 1. The zero-order valence-electron chi connectivity index (χ0n) is 6.73. The minimum absolute atomic E-state index is 0.572. The molecular formula is C9H9N2O. The standard InChI is InChI=1S/C9H9N2O/c1-7(12)11-6-8-4-2-3-5-9(8)10-11/h2,4-7,12H,1H3. The van der Waals surface area contributed by atoms with Crippen LogP contribution < -0.4 is 0 Å². The molecule has 1 radical (unpaired) electrons. The summed E-state index contributed by atoms with van der Waals surface area (Å²) in [5, 5.41) is 14.4. The Labute approximate surface area is 70.2 Å². The molecule has 12 heavy (non-hydrogen) atoms. The Morgan fingerprint density at radius 1 is 1.67 bits per heavy atom. The van der Waals surface area contributed by atoms with Gasteiger partial charge in [-0.2, -0.15) is 5.10 Å². The van der Waals surface area contributed by atoms with E-state index in [2.05, 4.69) is 11.2 Å². The molecule has 1 heterocycles. The summed E-state index contributed by atoms with van der Waals surface area (Å²) < 4.78 is 1.53. The first-order chi connectivity index (χ1) is 5.77. The molecule has 1 atom stereocenters. The Bertz CT molecular complexity index is 359. The summed E-state index contributed by atoms with van der Waals surface area (Å²) in [6.45, 7) is 1.68. The van der Waals surface area contributed by atoms with E-state index in [0.717, 1.165) is 10.9 Å². The van der Waals surface area contributed by atoms with E-state index in [1.807, 2.05) is 18.3 Å². The van der Waals surface area contributed by atoms with Crippen molar-refractivity contribution in [1.82, 2.24) is 9.78 Å². The molecule has 0 aliphatic heterocycles. The predicted octanol–water partition coefficient (Wildman–Crippen LogP) is 1.35. The van der Waals surface area contributed by atoms with Gasteiger partial charge in [0.25, 0.3) is 0 Å². The highest BCUT2D eigenvalue weighted by Crippen LogP contribution is 2.12. The monoisotopic (exact) mass is 161 g/mol. The van der Waals surface area contributed by atoms with E-state index in [9.17, 15) is 5.11 Å². The van der Waals surface area contributed by atoms with Gasteiger partial charge in [-0.3, -0.25) is 0 Å². The lowest BCUT2D eigenvalue weighted by Crippen LogP contribution is -2.03. The minimum Gasteiger partial charge on any atom is -0.372 e. The van der Waals surface area contributed by atoms with Gasteiger partial charge in [0.1, 0.15) is 6.23 Å². The Hall–Kier alpha value is -1.35. The first-order valence-corrected chi connectivity index (χ1v) is 3.80. The molecule has 1 aromatic heterocycles. The van der Waals surface area contributed by atoms with Crippen LogP contribution in [0.25, 0.3) is 10.9 Å². The summed E-state index contributed by atoms with van der Waals surface area (Å²) in [5.74, 6) is 0. The van der Waals surface area contributed by atoms with Crippen LogP contribution in [0.3, 0.4) is 0 Å². The van der Waals surface area contributed by atoms with Crippen molar-refractivity contribution in [2.45, 2.75) is 13.2 Å². The third-order valence-corrected chi connectivity index (χ3v) is 1.75.